The molecule has 1 fully saturated rings. The van der Waals surface area contributed by atoms with Gasteiger partial charge in [0.05, 0.1) is 11.4 Å². The Hall–Kier alpha value is -2.77. The van der Waals surface area contributed by atoms with E-state index < -0.39 is 5.60 Å². The summed E-state index contributed by atoms with van der Waals surface area (Å²) in [5, 5.41) is 3.01. The molecule has 1 unspecified atom stereocenters. The average molecular weight is 447 g/mol. The molecule has 0 bridgehead atoms. The van der Waals surface area contributed by atoms with Crippen molar-refractivity contribution in [3.05, 3.63) is 24.3 Å². The highest BCUT2D eigenvalue weighted by molar-refractivity contribution is 5.97. The Kier molecular flexibility index (Phi) is 8.92. The number of carbonyl (C=O) groups is 3. The number of likely N-dealkylation sites (tertiary alicyclic amines) is 1. The second kappa shape index (κ2) is 11.2. The number of amides is 4. The Bertz CT molecular complexity index is 784. The third kappa shape index (κ3) is 6.87. The van der Waals surface area contributed by atoms with Gasteiger partial charge in [-0.2, -0.15) is 0 Å². The molecule has 4 amide bonds. The van der Waals surface area contributed by atoms with Crippen LogP contribution in [0.25, 0.3) is 0 Å². The van der Waals surface area contributed by atoms with Crippen LogP contribution in [0.5, 0.6) is 0 Å². The highest BCUT2D eigenvalue weighted by atomic mass is 16.6. The molecule has 1 aliphatic rings. The van der Waals surface area contributed by atoms with Gasteiger partial charge in [-0.3, -0.25) is 9.69 Å². The fourth-order valence-corrected chi connectivity index (χ4v) is 3.67. The lowest BCUT2D eigenvalue weighted by molar-refractivity contribution is -0.107. The molecular formula is C24H38N4O4. The van der Waals surface area contributed by atoms with E-state index in [4.69, 9.17) is 4.74 Å². The van der Waals surface area contributed by atoms with Crippen molar-refractivity contribution in [3.63, 3.8) is 0 Å². The molecule has 32 heavy (non-hydrogen) atoms. The number of carbonyl (C=O) groups excluding carboxylic acids is 3. The number of rotatable bonds is 7. The Morgan fingerprint density at radius 2 is 1.81 bits per heavy atom. The lowest BCUT2D eigenvalue weighted by atomic mass is 9.97. The molecule has 8 heteroatoms. The van der Waals surface area contributed by atoms with Crippen molar-refractivity contribution in [2.45, 2.75) is 65.5 Å². The van der Waals surface area contributed by atoms with E-state index in [0.717, 1.165) is 25.7 Å². The maximum absolute atomic E-state index is 12.8. The minimum atomic E-state index is -0.503. The topological polar surface area (TPSA) is 82.2 Å². The Labute approximate surface area is 191 Å². The summed E-state index contributed by atoms with van der Waals surface area (Å²) in [5.41, 5.74) is 0.884. The van der Waals surface area contributed by atoms with E-state index in [1.54, 1.807) is 21.7 Å². The molecule has 1 aromatic rings. The van der Waals surface area contributed by atoms with Crippen LogP contribution in [0.4, 0.5) is 21.0 Å². The maximum atomic E-state index is 12.8. The summed E-state index contributed by atoms with van der Waals surface area (Å²) in [5.74, 6) is 0.299. The largest absolute Gasteiger partial charge is 0.444 e. The number of ether oxygens (including phenoxy) is 1. The molecule has 0 radical (unpaired) electrons. The second-order valence-corrected chi connectivity index (χ2v) is 9.41. The van der Waals surface area contributed by atoms with Gasteiger partial charge in [0.25, 0.3) is 0 Å². The third-order valence-electron chi connectivity index (χ3n) is 5.81. The van der Waals surface area contributed by atoms with Gasteiger partial charge in [-0.05, 0) is 65.0 Å². The minimum absolute atomic E-state index is 0.0280. The Balaban J connectivity index is 1.92. The zero-order valence-electron chi connectivity index (χ0n) is 20.3. The monoisotopic (exact) mass is 446 g/mol. The first-order valence-electron chi connectivity index (χ1n) is 11.4. The summed E-state index contributed by atoms with van der Waals surface area (Å²) in [7, 11) is 1.71. The van der Waals surface area contributed by atoms with Crippen molar-refractivity contribution in [2.24, 2.45) is 5.92 Å². The molecule has 178 valence electrons. The number of hydrogen-bond donors (Lipinski definition) is 1. The van der Waals surface area contributed by atoms with Gasteiger partial charge in [0.15, 0.2) is 0 Å². The van der Waals surface area contributed by atoms with E-state index >= 15 is 0 Å². The van der Waals surface area contributed by atoms with E-state index in [2.05, 4.69) is 5.32 Å². The average Bonchev–Trinajstić information content (AvgIpc) is 2.76. The van der Waals surface area contributed by atoms with Crippen molar-refractivity contribution < 1.29 is 19.1 Å². The van der Waals surface area contributed by atoms with Gasteiger partial charge in [-0.15, -0.1) is 0 Å². The third-order valence-corrected chi connectivity index (χ3v) is 5.81. The standard InChI is InChI=1S/C24H38N4O4/c1-7-18(2)28(17-29)21-11-9-8-10-20(21)26(6)22(30)25-16-19-12-14-27(15-13-19)23(31)32-24(3,4)5/h8-11,17-19H,7,12-16H2,1-6H3,(H,25,30). The number of urea groups is 1. The molecule has 1 aliphatic heterocycles. The molecule has 8 nitrogen and oxygen atoms in total. The molecule has 0 spiro atoms. The lowest BCUT2D eigenvalue weighted by Crippen LogP contribution is -2.45. The zero-order chi connectivity index (χ0) is 23.9. The summed E-state index contributed by atoms with van der Waals surface area (Å²) in [6, 6.07) is 7.22. The molecule has 1 heterocycles. The molecule has 0 aliphatic carbocycles. The van der Waals surface area contributed by atoms with Gasteiger partial charge >= 0.3 is 12.1 Å². The predicted molar refractivity (Wildman–Crippen MR) is 127 cm³/mol. The van der Waals surface area contributed by atoms with Crippen molar-refractivity contribution in [1.29, 1.82) is 0 Å². The predicted octanol–water partition coefficient (Wildman–Crippen LogP) is 4.24. The van der Waals surface area contributed by atoms with Gasteiger partial charge in [0.1, 0.15) is 5.60 Å². The first kappa shape index (κ1) is 25.5. The number of nitrogens with one attached hydrogen (secondary N) is 1. The smallest absolute Gasteiger partial charge is 0.410 e. The maximum Gasteiger partial charge on any atom is 0.410 e. The second-order valence-electron chi connectivity index (χ2n) is 9.41. The normalized spacial score (nSPS) is 15.6. The first-order valence-corrected chi connectivity index (χ1v) is 11.4. The number of benzene rings is 1. The lowest BCUT2D eigenvalue weighted by Gasteiger charge is -2.34. The number of para-hydroxylation sites is 2. The van der Waals surface area contributed by atoms with Gasteiger partial charge in [0, 0.05) is 32.7 Å². The molecular weight excluding hydrogens is 408 g/mol. The molecule has 1 aromatic carbocycles. The van der Waals surface area contributed by atoms with Crippen molar-refractivity contribution in [3.8, 4) is 0 Å². The van der Waals surface area contributed by atoms with E-state index in [1.165, 1.54) is 0 Å². The van der Waals surface area contributed by atoms with Crippen molar-refractivity contribution in [1.82, 2.24) is 10.2 Å². The van der Waals surface area contributed by atoms with Crippen LogP contribution in [-0.2, 0) is 9.53 Å². The summed E-state index contributed by atoms with van der Waals surface area (Å²) < 4.78 is 5.44. The van der Waals surface area contributed by atoms with Crippen molar-refractivity contribution in [2.75, 3.05) is 36.5 Å². The molecule has 1 N–H and O–H groups in total. The fourth-order valence-electron chi connectivity index (χ4n) is 3.67. The summed E-state index contributed by atoms with van der Waals surface area (Å²) in [6.45, 7) is 11.4. The SMILES string of the molecule is CCC(C)N(C=O)c1ccccc1N(C)C(=O)NCC1CCN(C(=O)OC(C)(C)C)CC1. The zero-order valence-corrected chi connectivity index (χ0v) is 20.3. The van der Waals surface area contributed by atoms with Crippen LogP contribution in [0.3, 0.4) is 0 Å². The fraction of sp³-hybridized carbons (Fsp3) is 0.625. The summed E-state index contributed by atoms with van der Waals surface area (Å²) in [4.78, 5) is 41.7. The Morgan fingerprint density at radius 3 is 2.34 bits per heavy atom. The van der Waals surface area contributed by atoms with Crippen LogP contribution in [0, 0.1) is 5.92 Å². The highest BCUT2D eigenvalue weighted by Gasteiger charge is 2.27. The quantitative estimate of drug-likeness (QED) is 0.635. The van der Waals surface area contributed by atoms with Gasteiger partial charge in [0.2, 0.25) is 6.41 Å². The van der Waals surface area contributed by atoms with Gasteiger partial charge in [-0.25, -0.2) is 9.59 Å². The number of nitrogens with zero attached hydrogens (tertiary/aromatic N) is 3. The van der Waals surface area contributed by atoms with Crippen LogP contribution in [0.2, 0.25) is 0 Å². The number of anilines is 2. The van der Waals surface area contributed by atoms with Crippen molar-refractivity contribution >= 4 is 29.9 Å². The van der Waals surface area contributed by atoms with Crippen LogP contribution in [0.1, 0.15) is 53.9 Å². The first-order chi connectivity index (χ1) is 15.1. The molecule has 1 saturated heterocycles. The molecule has 1 atom stereocenters. The van der Waals surface area contributed by atoms with Gasteiger partial charge < -0.3 is 19.9 Å². The van der Waals surface area contributed by atoms with Crippen LogP contribution in [-0.4, -0.2) is 61.8 Å². The minimum Gasteiger partial charge on any atom is -0.444 e. The molecule has 0 aromatic heterocycles. The number of piperidine rings is 1. The van der Waals surface area contributed by atoms with E-state index in [-0.39, 0.29) is 18.2 Å². The molecule has 2 rings (SSSR count). The Morgan fingerprint density at radius 1 is 1.22 bits per heavy atom. The highest BCUT2D eigenvalue weighted by Crippen LogP contribution is 2.30. The summed E-state index contributed by atoms with van der Waals surface area (Å²) in [6.07, 6.45) is 2.97. The van der Waals surface area contributed by atoms with E-state index in [1.807, 2.05) is 58.9 Å². The number of hydrogen-bond acceptors (Lipinski definition) is 4. The van der Waals surface area contributed by atoms with E-state index in [9.17, 15) is 14.4 Å². The molecule has 0 saturated carbocycles. The van der Waals surface area contributed by atoms with Crippen LogP contribution in [0.15, 0.2) is 24.3 Å². The van der Waals surface area contributed by atoms with Crippen LogP contribution >= 0.6 is 0 Å². The van der Waals surface area contributed by atoms with Crippen LogP contribution < -0.4 is 15.1 Å². The summed E-state index contributed by atoms with van der Waals surface area (Å²) >= 11 is 0. The van der Waals surface area contributed by atoms with E-state index in [0.29, 0.717) is 36.9 Å². The van der Waals surface area contributed by atoms with Gasteiger partial charge in [-0.1, -0.05) is 19.1 Å².